The minimum absolute atomic E-state index is 0.469. The number of rotatable bonds is 2. The quantitative estimate of drug-likeness (QED) is 0.668. The van der Waals surface area contributed by atoms with E-state index in [1.54, 1.807) is 0 Å². The van der Waals surface area contributed by atoms with E-state index in [0.29, 0.717) is 11.4 Å². The van der Waals surface area contributed by atoms with Crippen molar-refractivity contribution in [3.63, 3.8) is 0 Å². The van der Waals surface area contributed by atoms with E-state index in [0.717, 1.165) is 10.0 Å². The molecule has 0 spiro atoms. The predicted molar refractivity (Wildman–Crippen MR) is 45.1 cm³/mol. The third kappa shape index (κ3) is 2.00. The largest absolute Gasteiger partial charge is 0.393 e. The zero-order valence-electron chi connectivity index (χ0n) is 5.50. The number of hydrogen-bond donors (Lipinski definition) is 1. The van der Waals surface area contributed by atoms with Crippen LogP contribution in [0.2, 0.25) is 0 Å². The third-order valence-corrected chi connectivity index (χ3v) is 1.88. The summed E-state index contributed by atoms with van der Waals surface area (Å²) < 4.78 is 0. The number of aryl methyl sites for hydroxylation is 1. The summed E-state index contributed by atoms with van der Waals surface area (Å²) in [4.78, 5) is 0.469. The molecule has 0 aliphatic rings. The van der Waals surface area contributed by atoms with Crippen LogP contribution in [-0.4, -0.2) is 15.2 Å². The summed E-state index contributed by atoms with van der Waals surface area (Å²) in [6.45, 7) is 1.90. The lowest BCUT2D eigenvalue weighted by Crippen LogP contribution is -2.10. The van der Waals surface area contributed by atoms with Gasteiger partial charge >= 0.3 is 0 Å². The summed E-state index contributed by atoms with van der Waals surface area (Å²) in [5, 5.41) is 9.52. The predicted octanol–water partition coefficient (Wildman–Crippen LogP) is 0.675. The molecule has 0 aromatic carbocycles. The van der Waals surface area contributed by atoms with E-state index in [1.165, 1.54) is 11.3 Å². The van der Waals surface area contributed by atoms with Crippen LogP contribution in [0.15, 0.2) is 0 Å². The maximum atomic E-state index is 5.30. The molecule has 1 heterocycles. The zero-order valence-corrected chi connectivity index (χ0v) is 7.13. The molecule has 1 aromatic rings. The second-order valence-electron chi connectivity index (χ2n) is 1.86. The molecule has 0 atom stereocenters. The number of hydrogen-bond acceptors (Lipinski definition) is 4. The highest BCUT2D eigenvalue weighted by molar-refractivity contribution is 7.80. The van der Waals surface area contributed by atoms with E-state index in [-0.39, 0.29) is 0 Å². The van der Waals surface area contributed by atoms with Gasteiger partial charge in [-0.1, -0.05) is 12.2 Å². The first-order valence-corrected chi connectivity index (χ1v) is 3.98. The molecule has 54 valence electrons. The molecule has 1 aromatic heterocycles. The summed E-state index contributed by atoms with van der Waals surface area (Å²) in [5.74, 6) is 0. The van der Waals surface area contributed by atoms with E-state index in [1.807, 2.05) is 6.92 Å². The van der Waals surface area contributed by atoms with Crippen LogP contribution in [0.4, 0.5) is 0 Å². The van der Waals surface area contributed by atoms with Crippen LogP contribution in [-0.2, 0) is 6.42 Å². The van der Waals surface area contributed by atoms with Crippen LogP contribution in [0.25, 0.3) is 0 Å². The highest BCUT2D eigenvalue weighted by atomic mass is 32.1. The van der Waals surface area contributed by atoms with Crippen LogP contribution in [0, 0.1) is 6.92 Å². The van der Waals surface area contributed by atoms with Gasteiger partial charge in [0, 0.05) is 0 Å². The van der Waals surface area contributed by atoms with Crippen molar-refractivity contribution in [2.45, 2.75) is 13.3 Å². The van der Waals surface area contributed by atoms with E-state index < -0.39 is 0 Å². The van der Waals surface area contributed by atoms with Crippen molar-refractivity contribution < 1.29 is 0 Å². The topological polar surface area (TPSA) is 51.8 Å². The van der Waals surface area contributed by atoms with Gasteiger partial charge in [0.25, 0.3) is 0 Å². The van der Waals surface area contributed by atoms with Crippen LogP contribution in [0.3, 0.4) is 0 Å². The zero-order chi connectivity index (χ0) is 7.56. The molecule has 0 unspecified atom stereocenters. The number of thiocarbonyl (C=S) groups is 1. The smallest absolute Gasteiger partial charge is 0.124 e. The molecule has 0 bridgehead atoms. The Hall–Kier alpha value is -0.550. The summed E-state index contributed by atoms with van der Waals surface area (Å²) in [7, 11) is 0. The SMILES string of the molecule is Cc1nnc(CC(N)=S)s1. The molecular formula is C5H7N3S2. The van der Waals surface area contributed by atoms with Gasteiger partial charge in [-0.15, -0.1) is 21.5 Å². The van der Waals surface area contributed by atoms with Crippen molar-refractivity contribution in [1.82, 2.24) is 10.2 Å². The molecule has 0 radical (unpaired) electrons. The lowest BCUT2D eigenvalue weighted by atomic mass is 10.5. The Labute approximate surface area is 68.3 Å². The second-order valence-corrected chi connectivity index (χ2v) is 3.65. The normalized spacial score (nSPS) is 9.70. The van der Waals surface area contributed by atoms with E-state index in [4.69, 9.17) is 18.0 Å². The number of aromatic nitrogens is 2. The van der Waals surface area contributed by atoms with Crippen molar-refractivity contribution in [1.29, 1.82) is 0 Å². The molecule has 0 fully saturated rings. The molecule has 0 saturated heterocycles. The van der Waals surface area contributed by atoms with E-state index in [2.05, 4.69) is 10.2 Å². The standard InChI is InChI=1S/C5H7N3S2/c1-3-7-8-5(10-3)2-4(6)9/h2H2,1H3,(H2,6,9). The van der Waals surface area contributed by atoms with Gasteiger partial charge in [0.05, 0.1) is 11.4 Å². The Kier molecular flexibility index (Phi) is 2.29. The molecule has 10 heavy (non-hydrogen) atoms. The maximum absolute atomic E-state index is 5.30. The first-order valence-electron chi connectivity index (χ1n) is 2.76. The Bertz CT molecular complexity index is 243. The fraction of sp³-hybridized carbons (Fsp3) is 0.400. The molecule has 3 nitrogen and oxygen atoms in total. The molecular weight excluding hydrogens is 166 g/mol. The van der Waals surface area contributed by atoms with Crippen LogP contribution in [0.1, 0.15) is 10.0 Å². The summed E-state index contributed by atoms with van der Waals surface area (Å²) in [6, 6.07) is 0. The highest BCUT2D eigenvalue weighted by Crippen LogP contribution is 2.07. The fourth-order valence-electron chi connectivity index (χ4n) is 0.558. The molecule has 0 amide bonds. The Morgan fingerprint density at radius 2 is 2.40 bits per heavy atom. The van der Waals surface area contributed by atoms with Gasteiger partial charge < -0.3 is 5.73 Å². The second kappa shape index (κ2) is 3.03. The molecule has 1 rings (SSSR count). The van der Waals surface area contributed by atoms with Gasteiger partial charge in [-0.25, -0.2) is 0 Å². The van der Waals surface area contributed by atoms with Gasteiger partial charge in [0.2, 0.25) is 0 Å². The van der Waals surface area contributed by atoms with Crippen molar-refractivity contribution in [3.05, 3.63) is 10.0 Å². The lowest BCUT2D eigenvalue weighted by molar-refractivity contribution is 1.00. The first kappa shape index (κ1) is 7.56. The van der Waals surface area contributed by atoms with Gasteiger partial charge in [-0.05, 0) is 6.92 Å². The third-order valence-electron chi connectivity index (χ3n) is 0.893. The molecule has 5 heteroatoms. The van der Waals surface area contributed by atoms with Gasteiger partial charge in [0.15, 0.2) is 0 Å². The Morgan fingerprint density at radius 3 is 2.80 bits per heavy atom. The molecule has 2 N–H and O–H groups in total. The van der Waals surface area contributed by atoms with Gasteiger partial charge in [0.1, 0.15) is 10.0 Å². The molecule has 0 saturated carbocycles. The van der Waals surface area contributed by atoms with Crippen molar-refractivity contribution >= 4 is 28.5 Å². The lowest BCUT2D eigenvalue weighted by Gasteiger charge is -1.87. The minimum atomic E-state index is 0.469. The Morgan fingerprint density at radius 1 is 1.70 bits per heavy atom. The maximum Gasteiger partial charge on any atom is 0.124 e. The van der Waals surface area contributed by atoms with Gasteiger partial charge in [-0.3, -0.25) is 0 Å². The Balaban J connectivity index is 2.67. The minimum Gasteiger partial charge on any atom is -0.393 e. The highest BCUT2D eigenvalue weighted by Gasteiger charge is 2.00. The van der Waals surface area contributed by atoms with Crippen LogP contribution < -0.4 is 5.73 Å². The van der Waals surface area contributed by atoms with Crippen LogP contribution in [0.5, 0.6) is 0 Å². The van der Waals surface area contributed by atoms with Crippen molar-refractivity contribution in [2.75, 3.05) is 0 Å². The van der Waals surface area contributed by atoms with Gasteiger partial charge in [-0.2, -0.15) is 0 Å². The average molecular weight is 173 g/mol. The first-order chi connectivity index (χ1) is 4.68. The van der Waals surface area contributed by atoms with Crippen molar-refractivity contribution in [2.24, 2.45) is 5.73 Å². The summed E-state index contributed by atoms with van der Waals surface area (Å²) in [6.07, 6.45) is 0.570. The fourth-order valence-corrected chi connectivity index (χ4v) is 1.52. The number of nitrogens with zero attached hydrogens (tertiary/aromatic N) is 2. The molecule has 0 aliphatic heterocycles. The summed E-state index contributed by atoms with van der Waals surface area (Å²) >= 11 is 6.23. The monoisotopic (exact) mass is 173 g/mol. The van der Waals surface area contributed by atoms with E-state index >= 15 is 0 Å². The molecule has 0 aliphatic carbocycles. The average Bonchev–Trinajstić information content (AvgIpc) is 2.13. The van der Waals surface area contributed by atoms with Crippen molar-refractivity contribution in [3.8, 4) is 0 Å². The van der Waals surface area contributed by atoms with E-state index in [9.17, 15) is 0 Å². The summed E-state index contributed by atoms with van der Waals surface area (Å²) in [5.41, 5.74) is 5.30. The van der Waals surface area contributed by atoms with Crippen LogP contribution >= 0.6 is 23.6 Å². The number of nitrogens with two attached hydrogens (primary N) is 1.